The topological polar surface area (TPSA) is 81.4 Å². The Morgan fingerprint density at radius 3 is 2.61 bits per heavy atom. The normalized spacial score (nSPS) is 10.4. The molecule has 1 aromatic heterocycles. The number of hydrogen-bond acceptors (Lipinski definition) is 5. The number of amides is 1. The molecule has 2 rings (SSSR count). The Kier molecular flexibility index (Phi) is 5.51. The van der Waals surface area contributed by atoms with Gasteiger partial charge in [-0.25, -0.2) is 0 Å². The molecular formula is C17H20N2O4. The summed E-state index contributed by atoms with van der Waals surface area (Å²) in [5, 5.41) is 6.51. The van der Waals surface area contributed by atoms with Crippen LogP contribution in [0.3, 0.4) is 0 Å². The van der Waals surface area contributed by atoms with E-state index in [1.54, 1.807) is 26.0 Å². The molecule has 0 fully saturated rings. The third-order valence-electron chi connectivity index (χ3n) is 3.56. The van der Waals surface area contributed by atoms with E-state index in [9.17, 15) is 9.59 Å². The second-order valence-corrected chi connectivity index (χ2v) is 5.28. The van der Waals surface area contributed by atoms with E-state index in [1.807, 2.05) is 19.1 Å². The van der Waals surface area contributed by atoms with E-state index in [-0.39, 0.29) is 31.4 Å². The summed E-state index contributed by atoms with van der Waals surface area (Å²) in [4.78, 5) is 23.7. The first-order valence-electron chi connectivity index (χ1n) is 7.40. The first-order valence-corrected chi connectivity index (χ1v) is 7.40. The molecule has 0 bridgehead atoms. The van der Waals surface area contributed by atoms with Crippen molar-refractivity contribution in [2.75, 3.05) is 6.54 Å². The number of aryl methyl sites for hydroxylation is 3. The van der Waals surface area contributed by atoms with Crippen LogP contribution in [0, 0.1) is 20.8 Å². The van der Waals surface area contributed by atoms with E-state index in [2.05, 4.69) is 10.5 Å². The van der Waals surface area contributed by atoms with Gasteiger partial charge in [-0.1, -0.05) is 23.4 Å². The van der Waals surface area contributed by atoms with E-state index in [4.69, 9.17) is 9.26 Å². The van der Waals surface area contributed by atoms with Gasteiger partial charge in [0.25, 0.3) is 5.91 Å². The van der Waals surface area contributed by atoms with Crippen LogP contribution in [0.15, 0.2) is 28.8 Å². The lowest BCUT2D eigenvalue weighted by Crippen LogP contribution is -2.27. The van der Waals surface area contributed by atoms with Crippen LogP contribution >= 0.6 is 0 Å². The van der Waals surface area contributed by atoms with Crippen molar-refractivity contribution in [1.82, 2.24) is 10.5 Å². The Morgan fingerprint density at radius 1 is 1.22 bits per heavy atom. The highest BCUT2D eigenvalue weighted by Crippen LogP contribution is 2.13. The standard InChI is InChI=1S/C17H20N2O4/c1-11-6-4-5-7-14(11)17(21)18-9-8-16(20)22-10-15-12(2)19-23-13(15)3/h4-7H,8-10H2,1-3H3,(H,18,21). The summed E-state index contributed by atoms with van der Waals surface area (Å²) in [5.41, 5.74) is 2.99. The monoisotopic (exact) mass is 316 g/mol. The number of ether oxygens (including phenoxy) is 1. The number of rotatable bonds is 6. The van der Waals surface area contributed by atoms with E-state index in [0.29, 0.717) is 17.0 Å². The van der Waals surface area contributed by atoms with Gasteiger partial charge in [0.2, 0.25) is 0 Å². The molecule has 1 aromatic carbocycles. The molecule has 1 amide bonds. The maximum absolute atomic E-state index is 12.0. The lowest BCUT2D eigenvalue weighted by atomic mass is 10.1. The minimum absolute atomic E-state index is 0.112. The maximum atomic E-state index is 12.0. The molecule has 0 radical (unpaired) electrons. The molecular weight excluding hydrogens is 296 g/mol. The summed E-state index contributed by atoms with van der Waals surface area (Å²) in [7, 11) is 0. The summed E-state index contributed by atoms with van der Waals surface area (Å²) >= 11 is 0. The maximum Gasteiger partial charge on any atom is 0.307 e. The van der Waals surface area contributed by atoms with Crippen LogP contribution in [0.5, 0.6) is 0 Å². The average Bonchev–Trinajstić information content (AvgIpc) is 2.84. The lowest BCUT2D eigenvalue weighted by Gasteiger charge is -2.08. The van der Waals surface area contributed by atoms with Gasteiger partial charge in [-0.05, 0) is 32.4 Å². The number of carbonyl (C=O) groups excluding carboxylic acids is 2. The van der Waals surface area contributed by atoms with Gasteiger partial charge in [-0.2, -0.15) is 0 Å². The SMILES string of the molecule is Cc1ccccc1C(=O)NCCC(=O)OCc1c(C)noc1C. The van der Waals surface area contributed by atoms with Crippen LogP contribution in [-0.2, 0) is 16.1 Å². The number of aromatic nitrogens is 1. The van der Waals surface area contributed by atoms with Crippen LogP contribution < -0.4 is 5.32 Å². The first-order chi connectivity index (χ1) is 11.0. The Morgan fingerprint density at radius 2 is 1.96 bits per heavy atom. The van der Waals surface area contributed by atoms with Crippen molar-refractivity contribution in [3.05, 3.63) is 52.4 Å². The smallest absolute Gasteiger partial charge is 0.307 e. The Hall–Kier alpha value is -2.63. The molecule has 0 saturated carbocycles. The highest BCUT2D eigenvalue weighted by Gasteiger charge is 2.12. The largest absolute Gasteiger partial charge is 0.461 e. The van der Waals surface area contributed by atoms with Crippen LogP contribution in [-0.4, -0.2) is 23.6 Å². The van der Waals surface area contributed by atoms with Crippen molar-refractivity contribution in [2.45, 2.75) is 33.8 Å². The molecule has 1 N–H and O–H groups in total. The molecule has 0 aliphatic carbocycles. The molecule has 0 aliphatic rings. The third-order valence-corrected chi connectivity index (χ3v) is 3.56. The van der Waals surface area contributed by atoms with Gasteiger partial charge in [-0.3, -0.25) is 9.59 Å². The summed E-state index contributed by atoms with van der Waals surface area (Å²) in [6.45, 7) is 5.79. The number of nitrogens with one attached hydrogen (secondary N) is 1. The van der Waals surface area contributed by atoms with Crippen molar-refractivity contribution in [3.63, 3.8) is 0 Å². The molecule has 0 aliphatic heterocycles. The fourth-order valence-corrected chi connectivity index (χ4v) is 2.13. The van der Waals surface area contributed by atoms with Gasteiger partial charge < -0.3 is 14.6 Å². The van der Waals surface area contributed by atoms with E-state index in [1.165, 1.54) is 0 Å². The van der Waals surface area contributed by atoms with Crippen molar-refractivity contribution >= 4 is 11.9 Å². The Bertz CT molecular complexity index is 687. The zero-order chi connectivity index (χ0) is 16.8. The molecule has 23 heavy (non-hydrogen) atoms. The number of esters is 1. The molecule has 2 aromatic rings. The average molecular weight is 316 g/mol. The quantitative estimate of drug-likeness (QED) is 0.828. The fourth-order valence-electron chi connectivity index (χ4n) is 2.13. The summed E-state index contributed by atoms with van der Waals surface area (Å²) in [6.07, 6.45) is 0.112. The van der Waals surface area contributed by atoms with Crippen LogP contribution in [0.2, 0.25) is 0 Å². The van der Waals surface area contributed by atoms with Gasteiger partial charge in [-0.15, -0.1) is 0 Å². The van der Waals surface area contributed by atoms with Gasteiger partial charge in [0, 0.05) is 12.1 Å². The van der Waals surface area contributed by atoms with Gasteiger partial charge in [0.15, 0.2) is 0 Å². The Labute approximate surface area is 134 Å². The van der Waals surface area contributed by atoms with Crippen LogP contribution in [0.4, 0.5) is 0 Å². The highest BCUT2D eigenvalue weighted by molar-refractivity contribution is 5.95. The van der Waals surface area contributed by atoms with Crippen LogP contribution in [0.25, 0.3) is 0 Å². The molecule has 0 unspecified atom stereocenters. The number of hydrogen-bond donors (Lipinski definition) is 1. The van der Waals surface area contributed by atoms with Crippen molar-refractivity contribution in [2.24, 2.45) is 0 Å². The summed E-state index contributed by atoms with van der Waals surface area (Å²) in [6, 6.07) is 7.30. The molecule has 0 atom stereocenters. The van der Waals surface area contributed by atoms with Crippen LogP contribution in [0.1, 0.15) is 39.4 Å². The first kappa shape index (κ1) is 16.7. The van der Waals surface area contributed by atoms with E-state index >= 15 is 0 Å². The minimum atomic E-state index is -0.380. The zero-order valence-corrected chi connectivity index (χ0v) is 13.5. The van der Waals surface area contributed by atoms with Crippen molar-refractivity contribution < 1.29 is 18.8 Å². The molecule has 6 heteroatoms. The fraction of sp³-hybridized carbons (Fsp3) is 0.353. The molecule has 122 valence electrons. The predicted octanol–water partition coefficient (Wildman–Crippen LogP) is 2.46. The Balaban J connectivity index is 1.75. The lowest BCUT2D eigenvalue weighted by molar-refractivity contribution is -0.144. The van der Waals surface area contributed by atoms with Gasteiger partial charge in [0.05, 0.1) is 17.7 Å². The summed E-state index contributed by atoms with van der Waals surface area (Å²) < 4.78 is 10.2. The predicted molar refractivity (Wildman–Crippen MR) is 83.9 cm³/mol. The number of benzene rings is 1. The van der Waals surface area contributed by atoms with Gasteiger partial charge >= 0.3 is 5.97 Å². The molecule has 0 saturated heterocycles. The van der Waals surface area contributed by atoms with E-state index in [0.717, 1.165) is 11.1 Å². The van der Waals surface area contributed by atoms with E-state index < -0.39 is 0 Å². The third kappa shape index (κ3) is 4.42. The van der Waals surface area contributed by atoms with Crippen molar-refractivity contribution in [3.8, 4) is 0 Å². The molecule has 0 spiro atoms. The minimum Gasteiger partial charge on any atom is -0.461 e. The number of nitrogens with zero attached hydrogens (tertiary/aromatic N) is 1. The summed E-state index contributed by atoms with van der Waals surface area (Å²) in [5.74, 6) is 0.0693. The highest BCUT2D eigenvalue weighted by atomic mass is 16.5. The number of carbonyl (C=O) groups is 2. The van der Waals surface area contributed by atoms with Crippen molar-refractivity contribution in [1.29, 1.82) is 0 Å². The molecule has 1 heterocycles. The van der Waals surface area contributed by atoms with Gasteiger partial charge in [0.1, 0.15) is 12.4 Å². The second-order valence-electron chi connectivity index (χ2n) is 5.28. The molecule has 6 nitrogen and oxygen atoms in total. The second kappa shape index (κ2) is 7.58. The zero-order valence-electron chi connectivity index (χ0n) is 13.5.